The van der Waals surface area contributed by atoms with E-state index in [4.69, 9.17) is 4.74 Å². The summed E-state index contributed by atoms with van der Waals surface area (Å²) in [7, 11) is 1.58. The summed E-state index contributed by atoms with van der Waals surface area (Å²) in [5.41, 5.74) is 1.73. The molecule has 0 aromatic heterocycles. The molecule has 0 aliphatic heterocycles. The average Bonchev–Trinajstić information content (AvgIpc) is 2.47. The zero-order valence-electron chi connectivity index (χ0n) is 11.8. The van der Waals surface area contributed by atoms with Crippen molar-refractivity contribution in [2.45, 2.75) is 6.92 Å². The highest BCUT2D eigenvalue weighted by Crippen LogP contribution is 2.17. The van der Waals surface area contributed by atoms with Crippen molar-refractivity contribution in [3.63, 3.8) is 0 Å². The van der Waals surface area contributed by atoms with Gasteiger partial charge < -0.3 is 15.4 Å². The molecule has 2 N–H and O–H groups in total. The zero-order chi connectivity index (χ0) is 15.2. The second-order valence-electron chi connectivity index (χ2n) is 4.44. The number of carbonyl (C=O) groups is 2. The maximum atomic E-state index is 12.2. The number of hydrogen-bond donors (Lipinski definition) is 2. The Balaban J connectivity index is 2.10. The van der Waals surface area contributed by atoms with Gasteiger partial charge in [0.05, 0.1) is 7.11 Å². The summed E-state index contributed by atoms with van der Waals surface area (Å²) in [5.74, 6) is 0.302. The summed E-state index contributed by atoms with van der Waals surface area (Å²) in [4.78, 5) is 23.2. The molecule has 0 heterocycles. The quantitative estimate of drug-likeness (QED) is 0.907. The molecule has 0 radical (unpaired) electrons. The molecule has 5 heteroatoms. The van der Waals surface area contributed by atoms with Gasteiger partial charge in [0.15, 0.2) is 0 Å². The molecule has 2 amide bonds. The highest BCUT2D eigenvalue weighted by atomic mass is 16.5. The van der Waals surface area contributed by atoms with Gasteiger partial charge in [-0.15, -0.1) is 0 Å². The summed E-state index contributed by atoms with van der Waals surface area (Å²) >= 11 is 0. The van der Waals surface area contributed by atoms with Gasteiger partial charge in [0.2, 0.25) is 5.91 Å². The molecule has 0 fully saturated rings. The fourth-order valence-corrected chi connectivity index (χ4v) is 1.82. The summed E-state index contributed by atoms with van der Waals surface area (Å²) in [6, 6.07) is 13.8. The molecule has 108 valence electrons. The Labute approximate surface area is 122 Å². The third-order valence-electron chi connectivity index (χ3n) is 2.79. The van der Waals surface area contributed by atoms with E-state index in [1.54, 1.807) is 55.6 Å². The summed E-state index contributed by atoms with van der Waals surface area (Å²) in [6.45, 7) is 1.42. The molecule has 5 nitrogen and oxygen atoms in total. The molecule has 2 rings (SSSR count). The molecule has 0 atom stereocenters. The van der Waals surface area contributed by atoms with Crippen molar-refractivity contribution >= 4 is 23.2 Å². The van der Waals surface area contributed by atoms with Crippen molar-refractivity contribution < 1.29 is 14.3 Å². The minimum Gasteiger partial charge on any atom is -0.497 e. The third kappa shape index (κ3) is 4.07. The third-order valence-corrected chi connectivity index (χ3v) is 2.79. The molecule has 2 aromatic rings. The van der Waals surface area contributed by atoms with E-state index in [2.05, 4.69) is 10.6 Å². The first kappa shape index (κ1) is 14.6. The summed E-state index contributed by atoms with van der Waals surface area (Å²) in [5, 5.41) is 5.43. The first-order valence-electron chi connectivity index (χ1n) is 6.41. The Kier molecular flexibility index (Phi) is 4.56. The number of ether oxygens (including phenoxy) is 1. The number of carbonyl (C=O) groups excluding carboxylic acids is 2. The van der Waals surface area contributed by atoms with E-state index in [9.17, 15) is 9.59 Å². The normalized spacial score (nSPS) is 9.81. The van der Waals surface area contributed by atoms with Crippen molar-refractivity contribution in [2.75, 3.05) is 17.7 Å². The second kappa shape index (κ2) is 6.56. The molecule has 0 aliphatic rings. The van der Waals surface area contributed by atoms with Crippen LogP contribution < -0.4 is 15.4 Å². The SMILES string of the molecule is COc1ccc(NC(=O)c2cccc(NC(C)=O)c2)cc1. The van der Waals surface area contributed by atoms with Crippen molar-refractivity contribution in [1.82, 2.24) is 0 Å². The molecule has 0 saturated heterocycles. The van der Waals surface area contributed by atoms with E-state index >= 15 is 0 Å². The van der Waals surface area contributed by atoms with Crippen molar-refractivity contribution in [1.29, 1.82) is 0 Å². The monoisotopic (exact) mass is 284 g/mol. The Bertz CT molecular complexity index is 651. The molecular formula is C16H16N2O3. The number of hydrogen-bond acceptors (Lipinski definition) is 3. The molecule has 0 aliphatic carbocycles. The van der Waals surface area contributed by atoms with E-state index in [0.29, 0.717) is 16.9 Å². The van der Waals surface area contributed by atoms with E-state index < -0.39 is 0 Å². The van der Waals surface area contributed by atoms with Crippen molar-refractivity contribution in [3.8, 4) is 5.75 Å². The molecule has 2 aromatic carbocycles. The standard InChI is InChI=1S/C16H16N2O3/c1-11(19)17-14-5-3-4-12(10-14)16(20)18-13-6-8-15(21-2)9-7-13/h3-10H,1-2H3,(H,17,19)(H,18,20). The van der Waals surface area contributed by atoms with Gasteiger partial charge in [-0.25, -0.2) is 0 Å². The Hall–Kier alpha value is -2.82. The lowest BCUT2D eigenvalue weighted by molar-refractivity contribution is -0.114. The van der Waals surface area contributed by atoms with Gasteiger partial charge >= 0.3 is 0 Å². The molecule has 0 spiro atoms. The molecular weight excluding hydrogens is 268 g/mol. The van der Waals surface area contributed by atoms with E-state index in [1.807, 2.05) is 0 Å². The van der Waals surface area contributed by atoms with Gasteiger partial charge in [0, 0.05) is 23.9 Å². The van der Waals surface area contributed by atoms with Crippen LogP contribution in [0, 0.1) is 0 Å². The van der Waals surface area contributed by atoms with Crippen LogP contribution in [0.25, 0.3) is 0 Å². The average molecular weight is 284 g/mol. The molecule has 0 unspecified atom stereocenters. The lowest BCUT2D eigenvalue weighted by Gasteiger charge is -2.08. The van der Waals surface area contributed by atoms with E-state index in [-0.39, 0.29) is 11.8 Å². The predicted octanol–water partition coefficient (Wildman–Crippen LogP) is 2.91. The fraction of sp³-hybridized carbons (Fsp3) is 0.125. The van der Waals surface area contributed by atoms with Crippen LogP contribution in [0.4, 0.5) is 11.4 Å². The number of rotatable bonds is 4. The Morgan fingerprint density at radius 2 is 1.67 bits per heavy atom. The van der Waals surface area contributed by atoms with Crippen LogP contribution in [-0.4, -0.2) is 18.9 Å². The van der Waals surface area contributed by atoms with Gasteiger partial charge in [-0.1, -0.05) is 6.07 Å². The van der Waals surface area contributed by atoms with Gasteiger partial charge in [-0.3, -0.25) is 9.59 Å². The van der Waals surface area contributed by atoms with Crippen molar-refractivity contribution in [2.24, 2.45) is 0 Å². The lowest BCUT2D eigenvalue weighted by Crippen LogP contribution is -2.13. The largest absolute Gasteiger partial charge is 0.497 e. The first-order valence-corrected chi connectivity index (χ1v) is 6.41. The van der Waals surface area contributed by atoms with Crippen LogP contribution in [0.5, 0.6) is 5.75 Å². The Morgan fingerprint density at radius 3 is 2.29 bits per heavy atom. The van der Waals surface area contributed by atoms with E-state index in [1.165, 1.54) is 6.92 Å². The van der Waals surface area contributed by atoms with E-state index in [0.717, 1.165) is 5.75 Å². The second-order valence-corrected chi connectivity index (χ2v) is 4.44. The molecule has 0 saturated carbocycles. The van der Waals surface area contributed by atoms with Gasteiger partial charge in [0.1, 0.15) is 5.75 Å². The number of nitrogens with one attached hydrogen (secondary N) is 2. The number of methoxy groups -OCH3 is 1. The van der Waals surface area contributed by atoms with Crippen LogP contribution in [0.15, 0.2) is 48.5 Å². The van der Waals surface area contributed by atoms with Crippen LogP contribution in [-0.2, 0) is 4.79 Å². The van der Waals surface area contributed by atoms with Crippen LogP contribution >= 0.6 is 0 Å². The van der Waals surface area contributed by atoms with Crippen LogP contribution in [0.1, 0.15) is 17.3 Å². The smallest absolute Gasteiger partial charge is 0.255 e. The van der Waals surface area contributed by atoms with Gasteiger partial charge in [0.25, 0.3) is 5.91 Å². The highest BCUT2D eigenvalue weighted by Gasteiger charge is 2.07. The maximum Gasteiger partial charge on any atom is 0.255 e. The summed E-state index contributed by atoms with van der Waals surface area (Å²) in [6.07, 6.45) is 0. The topological polar surface area (TPSA) is 67.4 Å². The van der Waals surface area contributed by atoms with Gasteiger partial charge in [-0.2, -0.15) is 0 Å². The Morgan fingerprint density at radius 1 is 0.952 bits per heavy atom. The lowest BCUT2D eigenvalue weighted by atomic mass is 10.2. The maximum absolute atomic E-state index is 12.2. The molecule has 0 bridgehead atoms. The number of anilines is 2. The van der Waals surface area contributed by atoms with Crippen LogP contribution in [0.3, 0.4) is 0 Å². The first-order chi connectivity index (χ1) is 10.1. The minimum absolute atomic E-state index is 0.178. The molecule has 21 heavy (non-hydrogen) atoms. The predicted molar refractivity (Wildman–Crippen MR) is 81.7 cm³/mol. The number of benzene rings is 2. The fourth-order valence-electron chi connectivity index (χ4n) is 1.82. The summed E-state index contributed by atoms with van der Waals surface area (Å²) < 4.78 is 5.06. The van der Waals surface area contributed by atoms with Crippen molar-refractivity contribution in [3.05, 3.63) is 54.1 Å². The number of amides is 2. The van der Waals surface area contributed by atoms with Crippen LogP contribution in [0.2, 0.25) is 0 Å². The minimum atomic E-state index is -0.243. The zero-order valence-corrected chi connectivity index (χ0v) is 11.8. The highest BCUT2D eigenvalue weighted by molar-refractivity contribution is 6.05. The van der Waals surface area contributed by atoms with Gasteiger partial charge in [-0.05, 0) is 42.5 Å².